The van der Waals surface area contributed by atoms with Crippen LogP contribution in [0.5, 0.6) is 5.75 Å². The zero-order chi connectivity index (χ0) is 32.5. The third-order valence-corrected chi connectivity index (χ3v) is 8.38. The molecule has 1 saturated carbocycles. The first-order valence-electron chi connectivity index (χ1n) is 16.7. The summed E-state index contributed by atoms with van der Waals surface area (Å²) in [6, 6.07) is 15.3. The highest BCUT2D eigenvalue weighted by Crippen LogP contribution is 2.35. The number of aryl methyl sites for hydroxylation is 1. The second-order valence-corrected chi connectivity index (χ2v) is 12.7. The normalized spacial score (nSPS) is 16.5. The van der Waals surface area contributed by atoms with Crippen LogP contribution in [0.1, 0.15) is 125 Å². The first-order valence-corrected chi connectivity index (χ1v) is 16.7. The molecule has 0 heterocycles. The minimum Gasteiger partial charge on any atom is -0.466 e. The van der Waals surface area contributed by atoms with Crippen LogP contribution in [-0.2, 0) is 23.8 Å². The van der Waals surface area contributed by atoms with Gasteiger partial charge in [-0.2, -0.15) is 0 Å². The molecule has 0 amide bonds. The molecule has 2 aromatic carbocycles. The van der Waals surface area contributed by atoms with E-state index in [1.54, 1.807) is 12.1 Å². The van der Waals surface area contributed by atoms with Crippen LogP contribution in [0.2, 0.25) is 0 Å². The topological polar surface area (TPSA) is 88.1 Å². The average molecular weight is 621 g/mol. The Hall–Kier alpha value is -3.45. The molecule has 0 unspecified atom stereocenters. The summed E-state index contributed by atoms with van der Waals surface area (Å²) in [6.45, 7) is 10.4. The van der Waals surface area contributed by atoms with Crippen molar-refractivity contribution in [1.29, 1.82) is 0 Å². The molecule has 0 aliphatic heterocycles. The highest BCUT2D eigenvalue weighted by molar-refractivity contribution is 5.91. The van der Waals surface area contributed by atoms with E-state index in [1.165, 1.54) is 11.6 Å². The Morgan fingerprint density at radius 1 is 0.822 bits per heavy atom. The Morgan fingerprint density at radius 2 is 1.47 bits per heavy atom. The zero-order valence-corrected chi connectivity index (χ0v) is 27.5. The van der Waals surface area contributed by atoms with Crippen molar-refractivity contribution in [3.8, 4) is 5.75 Å². The number of carbonyl (C=O) groups excluding carboxylic acids is 3. The Morgan fingerprint density at radius 3 is 2.13 bits per heavy atom. The fraction of sp³-hybridized carbons (Fsp3) is 0.553. The molecule has 0 radical (unpaired) electrons. The average Bonchev–Trinajstić information content (AvgIpc) is 3.02. The molecular formula is C38H52O7. The van der Waals surface area contributed by atoms with E-state index in [-0.39, 0.29) is 11.9 Å². The molecular weight excluding hydrogens is 568 g/mol. The predicted octanol–water partition coefficient (Wildman–Crippen LogP) is 8.82. The number of ether oxygens (including phenoxy) is 4. The lowest BCUT2D eigenvalue weighted by molar-refractivity contribution is -0.150. The lowest BCUT2D eigenvalue weighted by Crippen LogP contribution is -2.27. The SMILES string of the molecule is C=CC(=O)OC(C)(C)CCCCCC(=O)OCCCCCCOC1CCC(c2ccc(OC(=O)c3ccc(C)cc3)cc2)CC1. The van der Waals surface area contributed by atoms with Crippen molar-refractivity contribution in [3.63, 3.8) is 0 Å². The van der Waals surface area contributed by atoms with Gasteiger partial charge in [-0.1, -0.05) is 49.2 Å². The highest BCUT2D eigenvalue weighted by atomic mass is 16.6. The van der Waals surface area contributed by atoms with Crippen LogP contribution in [0.4, 0.5) is 0 Å². The number of carbonyl (C=O) groups is 3. The Kier molecular flexibility index (Phi) is 15.3. The van der Waals surface area contributed by atoms with Crippen molar-refractivity contribution in [2.45, 2.75) is 122 Å². The van der Waals surface area contributed by atoms with Crippen LogP contribution >= 0.6 is 0 Å². The summed E-state index contributed by atoms with van der Waals surface area (Å²) in [4.78, 5) is 35.7. The summed E-state index contributed by atoms with van der Waals surface area (Å²) in [5, 5.41) is 0. The molecule has 0 N–H and O–H groups in total. The molecule has 1 aliphatic rings. The van der Waals surface area contributed by atoms with Gasteiger partial charge in [0.05, 0.1) is 18.3 Å². The fourth-order valence-electron chi connectivity index (χ4n) is 5.65. The number of hydrogen-bond acceptors (Lipinski definition) is 7. The van der Waals surface area contributed by atoms with Gasteiger partial charge in [0.15, 0.2) is 0 Å². The summed E-state index contributed by atoms with van der Waals surface area (Å²) in [5.74, 6) is 0.197. The quantitative estimate of drug-likeness (QED) is 0.0671. The summed E-state index contributed by atoms with van der Waals surface area (Å²) in [6.07, 6.45) is 13.6. The van der Waals surface area contributed by atoms with Gasteiger partial charge < -0.3 is 18.9 Å². The van der Waals surface area contributed by atoms with Crippen molar-refractivity contribution in [2.24, 2.45) is 0 Å². The van der Waals surface area contributed by atoms with Crippen LogP contribution in [0.3, 0.4) is 0 Å². The van der Waals surface area contributed by atoms with Crippen molar-refractivity contribution in [1.82, 2.24) is 0 Å². The molecule has 0 saturated heterocycles. The van der Waals surface area contributed by atoms with E-state index in [0.717, 1.165) is 89.2 Å². The summed E-state index contributed by atoms with van der Waals surface area (Å²) >= 11 is 0. The maximum atomic E-state index is 12.4. The van der Waals surface area contributed by atoms with E-state index in [0.29, 0.717) is 36.4 Å². The molecule has 0 bridgehead atoms. The van der Waals surface area contributed by atoms with Gasteiger partial charge in [0, 0.05) is 19.1 Å². The third kappa shape index (κ3) is 14.0. The summed E-state index contributed by atoms with van der Waals surface area (Å²) in [7, 11) is 0. The smallest absolute Gasteiger partial charge is 0.343 e. The van der Waals surface area contributed by atoms with Gasteiger partial charge in [-0.3, -0.25) is 4.79 Å². The zero-order valence-electron chi connectivity index (χ0n) is 27.5. The minimum absolute atomic E-state index is 0.135. The van der Waals surface area contributed by atoms with Crippen molar-refractivity contribution in [3.05, 3.63) is 77.9 Å². The van der Waals surface area contributed by atoms with Gasteiger partial charge in [0.1, 0.15) is 11.4 Å². The molecule has 2 aromatic rings. The van der Waals surface area contributed by atoms with Crippen molar-refractivity contribution >= 4 is 17.9 Å². The van der Waals surface area contributed by atoms with Crippen LogP contribution in [0.15, 0.2) is 61.2 Å². The van der Waals surface area contributed by atoms with Gasteiger partial charge in [-0.25, -0.2) is 9.59 Å². The molecule has 45 heavy (non-hydrogen) atoms. The van der Waals surface area contributed by atoms with Crippen LogP contribution in [0.25, 0.3) is 0 Å². The summed E-state index contributed by atoms with van der Waals surface area (Å²) in [5.41, 5.74) is 2.43. The fourth-order valence-corrected chi connectivity index (χ4v) is 5.65. The van der Waals surface area contributed by atoms with Gasteiger partial charge in [0.2, 0.25) is 0 Å². The van der Waals surface area contributed by atoms with Gasteiger partial charge >= 0.3 is 17.9 Å². The van der Waals surface area contributed by atoms with Crippen LogP contribution in [0, 0.1) is 6.92 Å². The number of unbranched alkanes of at least 4 members (excludes halogenated alkanes) is 5. The summed E-state index contributed by atoms with van der Waals surface area (Å²) < 4.78 is 22.4. The first-order chi connectivity index (χ1) is 21.6. The number of hydrogen-bond donors (Lipinski definition) is 0. The molecule has 0 spiro atoms. The lowest BCUT2D eigenvalue weighted by Gasteiger charge is -2.29. The molecule has 1 aliphatic carbocycles. The minimum atomic E-state index is -0.520. The maximum absolute atomic E-state index is 12.4. The van der Waals surface area contributed by atoms with Gasteiger partial charge in [0.25, 0.3) is 0 Å². The Labute approximate surface area is 269 Å². The highest BCUT2D eigenvalue weighted by Gasteiger charge is 2.23. The van der Waals surface area contributed by atoms with Crippen molar-refractivity contribution in [2.75, 3.05) is 13.2 Å². The standard InChI is InChI=1S/C38H52O7/c1-5-35(39)45-38(3,4)26-10-8-9-13-36(40)43-28-12-7-6-11-27-42-33-22-18-30(19-23-33)31-20-24-34(25-21-31)44-37(41)32-16-14-29(2)15-17-32/h5,14-17,20-21,24-25,30,33H,1,6-13,18-19,22-23,26-28H2,2-4H3. The molecule has 246 valence electrons. The lowest BCUT2D eigenvalue weighted by atomic mass is 9.83. The third-order valence-electron chi connectivity index (χ3n) is 8.38. The van der Waals surface area contributed by atoms with E-state index < -0.39 is 11.6 Å². The monoisotopic (exact) mass is 620 g/mol. The van der Waals surface area contributed by atoms with Gasteiger partial charge in [-0.15, -0.1) is 0 Å². The van der Waals surface area contributed by atoms with E-state index in [4.69, 9.17) is 18.9 Å². The molecule has 1 fully saturated rings. The van der Waals surface area contributed by atoms with Crippen LogP contribution < -0.4 is 4.74 Å². The Balaban J connectivity index is 1.16. The number of esters is 3. The maximum Gasteiger partial charge on any atom is 0.343 e. The largest absolute Gasteiger partial charge is 0.466 e. The van der Waals surface area contributed by atoms with Crippen molar-refractivity contribution < 1.29 is 33.3 Å². The molecule has 0 atom stereocenters. The molecule has 3 rings (SSSR count). The van der Waals surface area contributed by atoms with E-state index >= 15 is 0 Å². The van der Waals surface area contributed by atoms with Crippen LogP contribution in [-0.4, -0.2) is 42.8 Å². The number of rotatable bonds is 19. The molecule has 0 aromatic heterocycles. The Bertz CT molecular complexity index is 1190. The van der Waals surface area contributed by atoms with Gasteiger partial charge in [-0.05, 0) is 121 Å². The molecule has 7 nitrogen and oxygen atoms in total. The predicted molar refractivity (Wildman–Crippen MR) is 176 cm³/mol. The first kappa shape index (κ1) is 36.0. The van der Waals surface area contributed by atoms with E-state index in [2.05, 4.69) is 18.7 Å². The second-order valence-electron chi connectivity index (χ2n) is 12.7. The number of benzene rings is 2. The van der Waals surface area contributed by atoms with E-state index in [1.807, 2.05) is 45.0 Å². The molecule has 7 heteroatoms. The second kappa shape index (κ2) is 19.2. The van der Waals surface area contributed by atoms with E-state index in [9.17, 15) is 14.4 Å².